The smallest absolute Gasteiger partial charge is 0.308 e. The van der Waals surface area contributed by atoms with Gasteiger partial charge in [-0.3, -0.25) is 5.32 Å². The number of nitrogens with zero attached hydrogens (tertiary/aromatic N) is 2. The second-order valence-electron chi connectivity index (χ2n) is 5.38. The Kier molecular flexibility index (Phi) is 5.09. The average molecular weight is 388 g/mol. The molecule has 0 aliphatic heterocycles. The quantitative estimate of drug-likeness (QED) is 0.635. The summed E-state index contributed by atoms with van der Waals surface area (Å²) in [5, 5.41) is 15.7. The van der Waals surface area contributed by atoms with Crippen molar-refractivity contribution < 1.29 is 18.0 Å². The highest BCUT2D eigenvalue weighted by Gasteiger charge is 2.30. The number of thiazole rings is 1. The molecule has 0 saturated carbocycles. The maximum Gasteiger partial charge on any atom is 0.416 e. The number of amides is 2. The van der Waals surface area contributed by atoms with E-state index >= 15 is 0 Å². The number of nitrogens with one attached hydrogen (secondary N) is 2. The van der Waals surface area contributed by atoms with Gasteiger partial charge in [-0.1, -0.05) is 18.2 Å². The highest BCUT2D eigenvalue weighted by molar-refractivity contribution is 7.14. The third-order valence-corrected chi connectivity index (χ3v) is 4.24. The van der Waals surface area contributed by atoms with Crippen LogP contribution in [0.1, 0.15) is 11.1 Å². The number of nitriles is 1. The van der Waals surface area contributed by atoms with E-state index in [1.807, 2.05) is 6.07 Å². The largest absolute Gasteiger partial charge is 0.416 e. The molecule has 136 valence electrons. The minimum absolute atomic E-state index is 0.0196. The molecule has 2 N–H and O–H groups in total. The van der Waals surface area contributed by atoms with Gasteiger partial charge in [0.1, 0.15) is 0 Å². The molecule has 0 bridgehead atoms. The fourth-order valence-electron chi connectivity index (χ4n) is 2.21. The molecular weight excluding hydrogens is 377 g/mol. The van der Waals surface area contributed by atoms with E-state index in [2.05, 4.69) is 15.6 Å². The standard InChI is InChI=1S/C18H11F3N4OS/c19-18(20,21)13-2-1-3-14(8-13)23-16(26)25-17-24-15(10-27-17)12-6-4-11(9-22)5-7-12/h1-8,10H,(H2,23,24,25,26). The third kappa shape index (κ3) is 4.62. The minimum atomic E-state index is -4.49. The first-order chi connectivity index (χ1) is 12.8. The van der Waals surface area contributed by atoms with Gasteiger partial charge in [0.15, 0.2) is 5.13 Å². The molecule has 3 aromatic rings. The number of carbonyl (C=O) groups excluding carboxylic acids is 1. The summed E-state index contributed by atoms with van der Waals surface area (Å²) < 4.78 is 38.1. The fourth-order valence-corrected chi connectivity index (χ4v) is 2.93. The Labute approximate surface area is 156 Å². The van der Waals surface area contributed by atoms with Gasteiger partial charge in [-0.05, 0) is 30.3 Å². The zero-order valence-electron chi connectivity index (χ0n) is 13.5. The van der Waals surface area contributed by atoms with E-state index < -0.39 is 17.8 Å². The normalized spacial score (nSPS) is 10.9. The Morgan fingerprint density at radius 1 is 1.11 bits per heavy atom. The predicted octanol–water partition coefficient (Wildman–Crippen LogP) is 5.34. The van der Waals surface area contributed by atoms with Crippen LogP contribution in [-0.4, -0.2) is 11.0 Å². The second kappa shape index (κ2) is 7.47. The molecule has 0 fully saturated rings. The number of halogens is 3. The number of hydrogen-bond acceptors (Lipinski definition) is 4. The van der Waals surface area contributed by atoms with Gasteiger partial charge in [0, 0.05) is 16.6 Å². The van der Waals surface area contributed by atoms with Gasteiger partial charge in [-0.25, -0.2) is 9.78 Å². The Balaban J connectivity index is 1.67. The van der Waals surface area contributed by atoms with Crippen molar-refractivity contribution in [3.05, 3.63) is 65.0 Å². The molecule has 5 nitrogen and oxygen atoms in total. The Bertz CT molecular complexity index is 1010. The van der Waals surface area contributed by atoms with Crippen LogP contribution in [0.25, 0.3) is 11.3 Å². The van der Waals surface area contributed by atoms with E-state index in [4.69, 9.17) is 5.26 Å². The van der Waals surface area contributed by atoms with E-state index in [0.717, 1.165) is 17.7 Å². The summed E-state index contributed by atoms with van der Waals surface area (Å²) >= 11 is 1.17. The lowest BCUT2D eigenvalue weighted by molar-refractivity contribution is -0.137. The topological polar surface area (TPSA) is 77.8 Å². The Morgan fingerprint density at radius 3 is 2.52 bits per heavy atom. The van der Waals surface area contributed by atoms with Gasteiger partial charge in [-0.15, -0.1) is 11.3 Å². The van der Waals surface area contributed by atoms with Gasteiger partial charge in [-0.2, -0.15) is 18.4 Å². The number of urea groups is 1. The van der Waals surface area contributed by atoms with Crippen molar-refractivity contribution in [1.29, 1.82) is 5.26 Å². The number of carbonyl (C=O) groups is 1. The number of rotatable bonds is 3. The van der Waals surface area contributed by atoms with Crippen LogP contribution >= 0.6 is 11.3 Å². The van der Waals surface area contributed by atoms with Crippen LogP contribution < -0.4 is 10.6 Å². The molecule has 3 rings (SSSR count). The molecule has 2 aromatic carbocycles. The van der Waals surface area contributed by atoms with Gasteiger partial charge in [0.2, 0.25) is 0 Å². The van der Waals surface area contributed by atoms with Crippen molar-refractivity contribution in [3.8, 4) is 17.3 Å². The molecule has 0 unspecified atom stereocenters. The van der Waals surface area contributed by atoms with E-state index in [1.165, 1.54) is 23.5 Å². The number of hydrogen-bond donors (Lipinski definition) is 2. The molecule has 1 heterocycles. The van der Waals surface area contributed by atoms with Crippen molar-refractivity contribution in [1.82, 2.24) is 4.98 Å². The molecule has 0 aliphatic rings. The van der Waals surface area contributed by atoms with Crippen LogP contribution in [0.2, 0.25) is 0 Å². The van der Waals surface area contributed by atoms with Crippen LogP contribution in [-0.2, 0) is 6.18 Å². The number of alkyl halides is 3. The lowest BCUT2D eigenvalue weighted by atomic mass is 10.1. The lowest BCUT2D eigenvalue weighted by Crippen LogP contribution is -2.19. The minimum Gasteiger partial charge on any atom is -0.308 e. The highest BCUT2D eigenvalue weighted by Crippen LogP contribution is 2.31. The van der Waals surface area contributed by atoms with Gasteiger partial charge >= 0.3 is 12.2 Å². The number of aromatic nitrogens is 1. The van der Waals surface area contributed by atoms with E-state index in [1.54, 1.807) is 29.6 Å². The van der Waals surface area contributed by atoms with Crippen LogP contribution in [0.4, 0.5) is 28.8 Å². The first-order valence-electron chi connectivity index (χ1n) is 7.56. The molecule has 0 spiro atoms. The molecular formula is C18H11F3N4OS. The van der Waals surface area contributed by atoms with Crippen LogP contribution in [0.5, 0.6) is 0 Å². The van der Waals surface area contributed by atoms with Crippen LogP contribution in [0.3, 0.4) is 0 Å². The van der Waals surface area contributed by atoms with Gasteiger partial charge in [0.25, 0.3) is 0 Å². The fraction of sp³-hybridized carbons (Fsp3) is 0.0556. The molecule has 0 aliphatic carbocycles. The summed E-state index contributed by atoms with van der Waals surface area (Å²) in [6.07, 6.45) is -4.49. The van der Waals surface area contributed by atoms with Gasteiger partial charge < -0.3 is 5.32 Å². The zero-order chi connectivity index (χ0) is 19.4. The van der Waals surface area contributed by atoms with Crippen molar-refractivity contribution in [2.24, 2.45) is 0 Å². The Morgan fingerprint density at radius 2 is 1.85 bits per heavy atom. The summed E-state index contributed by atoms with van der Waals surface area (Å²) in [7, 11) is 0. The SMILES string of the molecule is N#Cc1ccc(-c2csc(NC(=O)Nc3cccc(C(F)(F)F)c3)n2)cc1. The molecule has 0 saturated heterocycles. The second-order valence-corrected chi connectivity index (χ2v) is 6.24. The van der Waals surface area contributed by atoms with E-state index in [0.29, 0.717) is 16.4 Å². The maximum absolute atomic E-state index is 12.7. The molecule has 0 radical (unpaired) electrons. The van der Waals surface area contributed by atoms with Crippen molar-refractivity contribution in [2.75, 3.05) is 10.6 Å². The van der Waals surface area contributed by atoms with Crippen molar-refractivity contribution >= 4 is 28.2 Å². The third-order valence-electron chi connectivity index (χ3n) is 3.48. The molecule has 0 atom stereocenters. The summed E-state index contributed by atoms with van der Waals surface area (Å²) in [6, 6.07) is 12.5. The zero-order valence-corrected chi connectivity index (χ0v) is 14.4. The van der Waals surface area contributed by atoms with Crippen LogP contribution in [0, 0.1) is 11.3 Å². The van der Waals surface area contributed by atoms with Gasteiger partial charge in [0.05, 0.1) is 22.9 Å². The summed E-state index contributed by atoms with van der Waals surface area (Å²) in [4.78, 5) is 16.3. The molecule has 9 heteroatoms. The summed E-state index contributed by atoms with van der Waals surface area (Å²) in [5.74, 6) is 0. The number of anilines is 2. The molecule has 1 aromatic heterocycles. The van der Waals surface area contributed by atoms with E-state index in [9.17, 15) is 18.0 Å². The first kappa shape index (κ1) is 18.4. The van der Waals surface area contributed by atoms with E-state index in [-0.39, 0.29) is 5.69 Å². The molecule has 27 heavy (non-hydrogen) atoms. The monoisotopic (exact) mass is 388 g/mol. The predicted molar refractivity (Wildman–Crippen MR) is 96.4 cm³/mol. The lowest BCUT2D eigenvalue weighted by Gasteiger charge is -2.09. The summed E-state index contributed by atoms with van der Waals surface area (Å²) in [6.45, 7) is 0. The first-order valence-corrected chi connectivity index (χ1v) is 8.44. The molecule has 2 amide bonds. The van der Waals surface area contributed by atoms with Crippen molar-refractivity contribution in [3.63, 3.8) is 0 Å². The maximum atomic E-state index is 12.7. The Hall–Kier alpha value is -3.38. The van der Waals surface area contributed by atoms with Crippen molar-refractivity contribution in [2.45, 2.75) is 6.18 Å². The average Bonchev–Trinajstić information content (AvgIpc) is 3.09. The summed E-state index contributed by atoms with van der Waals surface area (Å²) in [5.41, 5.74) is 1.08. The van der Waals surface area contributed by atoms with Crippen LogP contribution in [0.15, 0.2) is 53.9 Å². The number of benzene rings is 2. The highest BCUT2D eigenvalue weighted by atomic mass is 32.1.